The number of benzene rings is 1. The first-order valence-electron chi connectivity index (χ1n) is 4.54. The summed E-state index contributed by atoms with van der Waals surface area (Å²) in [4.78, 5) is 11.0. The molecule has 0 bridgehead atoms. The molecule has 3 nitrogen and oxygen atoms in total. The highest BCUT2D eigenvalue weighted by Crippen LogP contribution is 2.11. The van der Waals surface area contributed by atoms with Gasteiger partial charge in [-0.3, -0.25) is 4.79 Å². The van der Waals surface area contributed by atoms with Crippen LogP contribution >= 0.6 is 0 Å². The standard InChI is InChI=1S/C11H15NO2/c1-8(12)10-5-3-9(4-6-10)7-11(13)14-2/h3-6,8H,7,12H2,1-2H3. The van der Waals surface area contributed by atoms with Crippen molar-refractivity contribution >= 4 is 5.97 Å². The predicted molar refractivity (Wildman–Crippen MR) is 54.8 cm³/mol. The average molecular weight is 193 g/mol. The number of nitrogens with two attached hydrogens (primary N) is 1. The highest BCUT2D eigenvalue weighted by atomic mass is 16.5. The lowest BCUT2D eigenvalue weighted by molar-refractivity contribution is -0.139. The normalized spacial score (nSPS) is 12.2. The molecule has 0 saturated carbocycles. The van der Waals surface area contributed by atoms with Gasteiger partial charge in [-0.25, -0.2) is 0 Å². The summed E-state index contributed by atoms with van der Waals surface area (Å²) in [5.41, 5.74) is 7.71. The van der Waals surface area contributed by atoms with Gasteiger partial charge in [0.05, 0.1) is 13.5 Å². The fraction of sp³-hybridized carbons (Fsp3) is 0.364. The minimum atomic E-state index is -0.224. The van der Waals surface area contributed by atoms with Crippen molar-refractivity contribution in [3.8, 4) is 0 Å². The Balaban J connectivity index is 2.69. The quantitative estimate of drug-likeness (QED) is 0.739. The van der Waals surface area contributed by atoms with E-state index in [-0.39, 0.29) is 12.0 Å². The van der Waals surface area contributed by atoms with Crippen LogP contribution in [0.4, 0.5) is 0 Å². The number of carbonyl (C=O) groups excluding carboxylic acids is 1. The van der Waals surface area contributed by atoms with E-state index < -0.39 is 0 Å². The number of hydrogen-bond acceptors (Lipinski definition) is 3. The van der Waals surface area contributed by atoms with Gasteiger partial charge in [0.2, 0.25) is 0 Å². The van der Waals surface area contributed by atoms with Crippen molar-refractivity contribution in [3.63, 3.8) is 0 Å². The maximum atomic E-state index is 11.0. The lowest BCUT2D eigenvalue weighted by atomic mass is 10.1. The molecule has 0 spiro atoms. The second-order valence-corrected chi connectivity index (χ2v) is 3.28. The van der Waals surface area contributed by atoms with Gasteiger partial charge in [-0.05, 0) is 18.1 Å². The van der Waals surface area contributed by atoms with Crippen LogP contribution in [-0.2, 0) is 16.0 Å². The zero-order valence-corrected chi connectivity index (χ0v) is 8.49. The van der Waals surface area contributed by atoms with Crippen molar-refractivity contribution in [2.24, 2.45) is 5.73 Å². The van der Waals surface area contributed by atoms with Gasteiger partial charge in [-0.1, -0.05) is 24.3 Å². The molecule has 0 heterocycles. The summed E-state index contributed by atoms with van der Waals surface area (Å²) in [6.07, 6.45) is 0.315. The second kappa shape index (κ2) is 4.77. The molecule has 0 saturated heterocycles. The SMILES string of the molecule is COC(=O)Cc1ccc(C(C)N)cc1. The summed E-state index contributed by atoms with van der Waals surface area (Å²) in [5, 5.41) is 0. The molecular formula is C11H15NO2. The largest absolute Gasteiger partial charge is 0.469 e. The summed E-state index contributed by atoms with van der Waals surface area (Å²) in [6.45, 7) is 1.93. The highest BCUT2D eigenvalue weighted by Gasteiger charge is 2.03. The number of methoxy groups -OCH3 is 1. The zero-order chi connectivity index (χ0) is 10.6. The lowest BCUT2D eigenvalue weighted by Crippen LogP contribution is -2.06. The number of carbonyl (C=O) groups is 1. The van der Waals surface area contributed by atoms with Crippen molar-refractivity contribution in [2.45, 2.75) is 19.4 Å². The number of hydrogen-bond donors (Lipinski definition) is 1. The molecule has 0 fully saturated rings. The smallest absolute Gasteiger partial charge is 0.309 e. The Kier molecular flexibility index (Phi) is 3.65. The summed E-state index contributed by atoms with van der Waals surface area (Å²) >= 11 is 0. The van der Waals surface area contributed by atoms with E-state index in [1.54, 1.807) is 0 Å². The molecule has 1 atom stereocenters. The summed E-state index contributed by atoms with van der Waals surface area (Å²) in [7, 11) is 1.39. The van der Waals surface area contributed by atoms with Crippen LogP contribution in [0.1, 0.15) is 24.1 Å². The zero-order valence-electron chi connectivity index (χ0n) is 8.49. The number of rotatable bonds is 3. The molecule has 0 aliphatic heterocycles. The Bertz CT molecular complexity index is 304. The minimum Gasteiger partial charge on any atom is -0.469 e. The van der Waals surface area contributed by atoms with Crippen LogP contribution in [-0.4, -0.2) is 13.1 Å². The third kappa shape index (κ3) is 2.85. The van der Waals surface area contributed by atoms with Crippen LogP contribution in [0.5, 0.6) is 0 Å². The van der Waals surface area contributed by atoms with Gasteiger partial charge in [0.25, 0.3) is 0 Å². The first kappa shape index (κ1) is 10.7. The van der Waals surface area contributed by atoms with Crippen molar-refractivity contribution in [1.82, 2.24) is 0 Å². The van der Waals surface area contributed by atoms with Crippen molar-refractivity contribution in [1.29, 1.82) is 0 Å². The van der Waals surface area contributed by atoms with E-state index in [9.17, 15) is 4.79 Å². The molecule has 1 rings (SSSR count). The molecule has 0 aliphatic rings. The molecule has 1 unspecified atom stereocenters. The summed E-state index contributed by atoms with van der Waals surface area (Å²) in [5.74, 6) is -0.224. The third-order valence-corrected chi connectivity index (χ3v) is 2.08. The Morgan fingerprint density at radius 1 is 1.43 bits per heavy atom. The molecule has 0 aromatic heterocycles. The topological polar surface area (TPSA) is 52.3 Å². The lowest BCUT2D eigenvalue weighted by Gasteiger charge is -2.06. The molecule has 0 aliphatic carbocycles. The van der Waals surface area contributed by atoms with Gasteiger partial charge in [-0.15, -0.1) is 0 Å². The Morgan fingerprint density at radius 3 is 2.43 bits per heavy atom. The van der Waals surface area contributed by atoms with Crippen LogP contribution in [0.2, 0.25) is 0 Å². The summed E-state index contributed by atoms with van der Waals surface area (Å²) in [6, 6.07) is 7.69. The highest BCUT2D eigenvalue weighted by molar-refractivity contribution is 5.72. The molecular weight excluding hydrogens is 178 g/mol. The first-order valence-corrected chi connectivity index (χ1v) is 4.54. The predicted octanol–water partition coefficient (Wildman–Crippen LogP) is 1.42. The Hall–Kier alpha value is -1.35. The molecule has 1 aromatic rings. The second-order valence-electron chi connectivity index (χ2n) is 3.28. The van der Waals surface area contributed by atoms with E-state index >= 15 is 0 Å². The third-order valence-electron chi connectivity index (χ3n) is 2.08. The van der Waals surface area contributed by atoms with Gasteiger partial charge in [-0.2, -0.15) is 0 Å². The fourth-order valence-electron chi connectivity index (χ4n) is 1.18. The van der Waals surface area contributed by atoms with Gasteiger partial charge in [0.1, 0.15) is 0 Å². The Labute approximate surface area is 83.9 Å². The van der Waals surface area contributed by atoms with Crippen LogP contribution in [0, 0.1) is 0 Å². The van der Waals surface area contributed by atoms with E-state index in [0.717, 1.165) is 11.1 Å². The van der Waals surface area contributed by atoms with Crippen molar-refractivity contribution in [3.05, 3.63) is 35.4 Å². The average Bonchev–Trinajstić information content (AvgIpc) is 2.18. The van der Waals surface area contributed by atoms with Crippen molar-refractivity contribution in [2.75, 3.05) is 7.11 Å². The van der Waals surface area contributed by atoms with Gasteiger partial charge in [0.15, 0.2) is 0 Å². The summed E-state index contributed by atoms with van der Waals surface area (Å²) < 4.78 is 4.57. The molecule has 1 aromatic carbocycles. The van der Waals surface area contributed by atoms with E-state index in [1.165, 1.54) is 7.11 Å². The Morgan fingerprint density at radius 2 is 2.00 bits per heavy atom. The molecule has 76 valence electrons. The van der Waals surface area contributed by atoms with E-state index in [4.69, 9.17) is 5.73 Å². The van der Waals surface area contributed by atoms with Crippen LogP contribution in [0.25, 0.3) is 0 Å². The van der Waals surface area contributed by atoms with Crippen LogP contribution in [0.15, 0.2) is 24.3 Å². The van der Waals surface area contributed by atoms with Gasteiger partial charge < -0.3 is 10.5 Å². The van der Waals surface area contributed by atoms with Gasteiger partial charge in [0, 0.05) is 6.04 Å². The maximum absolute atomic E-state index is 11.0. The minimum absolute atomic E-state index is 0.0298. The van der Waals surface area contributed by atoms with Crippen molar-refractivity contribution < 1.29 is 9.53 Å². The van der Waals surface area contributed by atoms with Crippen LogP contribution < -0.4 is 5.73 Å². The first-order chi connectivity index (χ1) is 6.63. The number of ether oxygens (including phenoxy) is 1. The van der Waals surface area contributed by atoms with E-state index in [2.05, 4.69) is 4.74 Å². The van der Waals surface area contributed by atoms with Crippen LogP contribution in [0.3, 0.4) is 0 Å². The fourth-order valence-corrected chi connectivity index (χ4v) is 1.18. The monoisotopic (exact) mass is 193 g/mol. The molecule has 0 amide bonds. The molecule has 3 heteroatoms. The number of esters is 1. The molecule has 0 radical (unpaired) electrons. The van der Waals surface area contributed by atoms with E-state index in [0.29, 0.717) is 6.42 Å². The van der Waals surface area contributed by atoms with E-state index in [1.807, 2.05) is 31.2 Å². The van der Waals surface area contributed by atoms with Gasteiger partial charge >= 0.3 is 5.97 Å². The molecule has 2 N–H and O–H groups in total. The maximum Gasteiger partial charge on any atom is 0.309 e. The molecule has 14 heavy (non-hydrogen) atoms.